The third-order valence-corrected chi connectivity index (χ3v) is 13.7. The summed E-state index contributed by atoms with van der Waals surface area (Å²) in [6.07, 6.45) is 12.9. The average molecular weight is 680 g/mol. The molecule has 0 radical (unpaired) electrons. The second-order valence-corrected chi connectivity index (χ2v) is 16.9. The second-order valence-electron chi connectivity index (χ2n) is 13.5. The number of amides is 2. The van der Waals surface area contributed by atoms with Gasteiger partial charge >= 0.3 is 0 Å². The summed E-state index contributed by atoms with van der Waals surface area (Å²) < 4.78 is 37.7. The molecule has 0 bridgehead atoms. The van der Waals surface area contributed by atoms with Gasteiger partial charge in [0.15, 0.2) is 23.0 Å². The van der Waals surface area contributed by atoms with Gasteiger partial charge in [-0.25, -0.2) is 0 Å². The van der Waals surface area contributed by atoms with Crippen LogP contribution < -0.4 is 18.9 Å². The lowest BCUT2D eigenvalue weighted by atomic mass is 10.0. The minimum absolute atomic E-state index is 0.0217. The number of aliphatic imine (C=N–C) groups is 1. The van der Waals surface area contributed by atoms with Crippen LogP contribution in [-0.4, -0.2) is 98.9 Å². The average Bonchev–Trinajstić information content (AvgIpc) is 3.73. The summed E-state index contributed by atoms with van der Waals surface area (Å²) in [5, 5.41) is 0. The SMILES string of the molecule is CCCCP(=O)(CCCOc1cc2c(cc1OC)C(=O)N1CCC[C@H]1CC2)CCCOc1cc2c(cc1OC)C(=O)N1CCC[C@H]1C=N2. The molecule has 4 aliphatic rings. The van der Waals surface area contributed by atoms with Crippen LogP contribution in [0, 0.1) is 0 Å². The van der Waals surface area contributed by atoms with Crippen molar-refractivity contribution in [2.75, 3.05) is 59.0 Å². The van der Waals surface area contributed by atoms with Crippen LogP contribution in [0.2, 0.25) is 0 Å². The zero-order valence-electron chi connectivity index (χ0n) is 28.7. The van der Waals surface area contributed by atoms with Crippen molar-refractivity contribution in [3.05, 3.63) is 41.0 Å². The van der Waals surface area contributed by atoms with Crippen LogP contribution in [-0.2, 0) is 11.0 Å². The molecule has 1 unspecified atom stereocenters. The van der Waals surface area contributed by atoms with Gasteiger partial charge in [0, 0.05) is 55.5 Å². The van der Waals surface area contributed by atoms with Crippen molar-refractivity contribution in [2.24, 2.45) is 4.99 Å². The van der Waals surface area contributed by atoms with Crippen molar-refractivity contribution in [3.63, 3.8) is 0 Å². The van der Waals surface area contributed by atoms with E-state index in [1.54, 1.807) is 26.4 Å². The van der Waals surface area contributed by atoms with E-state index in [0.717, 1.165) is 75.6 Å². The maximum Gasteiger partial charge on any atom is 0.256 e. The molecular weight excluding hydrogens is 629 g/mol. The predicted octanol–water partition coefficient (Wildman–Crippen LogP) is 6.98. The number of rotatable bonds is 15. The maximum absolute atomic E-state index is 14.1. The molecule has 0 aliphatic carbocycles. The Bertz CT molecular complexity index is 1580. The Kier molecular flexibility index (Phi) is 11.0. The van der Waals surface area contributed by atoms with Crippen molar-refractivity contribution >= 4 is 30.9 Å². The molecule has 2 aromatic rings. The van der Waals surface area contributed by atoms with Gasteiger partial charge in [-0.05, 0) is 81.5 Å². The molecule has 4 aliphatic heterocycles. The summed E-state index contributed by atoms with van der Waals surface area (Å²) in [5.41, 5.74) is 2.86. The zero-order chi connectivity index (χ0) is 33.7. The number of methoxy groups -OCH3 is 2. The number of carbonyl (C=O) groups is 2. The monoisotopic (exact) mass is 679 g/mol. The fourth-order valence-electron chi connectivity index (χ4n) is 7.63. The highest BCUT2D eigenvalue weighted by atomic mass is 31.2. The molecule has 2 amide bonds. The third kappa shape index (κ3) is 7.39. The van der Waals surface area contributed by atoms with Crippen LogP contribution in [0.1, 0.15) is 91.0 Å². The van der Waals surface area contributed by atoms with Gasteiger partial charge in [-0.2, -0.15) is 0 Å². The molecule has 11 heteroatoms. The van der Waals surface area contributed by atoms with Gasteiger partial charge in [0.2, 0.25) is 0 Å². The third-order valence-electron chi connectivity index (χ3n) is 10.3. The van der Waals surface area contributed by atoms with Crippen molar-refractivity contribution in [3.8, 4) is 23.0 Å². The van der Waals surface area contributed by atoms with Gasteiger partial charge in [-0.3, -0.25) is 14.6 Å². The minimum atomic E-state index is -2.45. The van der Waals surface area contributed by atoms with Crippen molar-refractivity contribution in [1.82, 2.24) is 9.80 Å². The lowest BCUT2D eigenvalue weighted by Gasteiger charge is -2.22. The number of hydrogen-bond acceptors (Lipinski definition) is 8. The molecule has 3 atom stereocenters. The van der Waals surface area contributed by atoms with Crippen LogP contribution >= 0.6 is 7.14 Å². The van der Waals surface area contributed by atoms with Crippen molar-refractivity contribution < 1.29 is 33.1 Å². The van der Waals surface area contributed by atoms with E-state index in [0.29, 0.717) is 84.8 Å². The van der Waals surface area contributed by atoms with Crippen LogP contribution in [0.15, 0.2) is 29.3 Å². The van der Waals surface area contributed by atoms with E-state index in [1.165, 1.54) is 0 Å². The topological polar surface area (TPSA) is 107 Å². The molecule has 0 aromatic heterocycles. The quantitative estimate of drug-likeness (QED) is 0.148. The number of carbonyl (C=O) groups excluding carboxylic acids is 2. The number of aryl methyl sites for hydroxylation is 1. The molecule has 4 heterocycles. The van der Waals surface area contributed by atoms with Gasteiger partial charge in [-0.1, -0.05) is 13.3 Å². The molecule has 48 heavy (non-hydrogen) atoms. The molecule has 2 saturated heterocycles. The molecule has 2 fully saturated rings. The van der Waals surface area contributed by atoms with Crippen molar-refractivity contribution in [2.45, 2.75) is 83.2 Å². The summed E-state index contributed by atoms with van der Waals surface area (Å²) in [6.45, 7) is 4.50. The summed E-state index contributed by atoms with van der Waals surface area (Å²) in [7, 11) is 0.725. The molecule has 0 saturated carbocycles. The number of nitrogens with zero attached hydrogens (tertiary/aromatic N) is 3. The largest absolute Gasteiger partial charge is 0.493 e. The van der Waals surface area contributed by atoms with E-state index in [1.807, 2.05) is 28.1 Å². The second kappa shape index (κ2) is 15.4. The van der Waals surface area contributed by atoms with Gasteiger partial charge in [0.1, 0.15) is 0 Å². The standard InChI is InChI=1S/C37H50N3O7P/c1-4-5-18-48(43,19-8-16-46-34-21-26-12-13-27-10-6-14-39(27)36(41)29(26)22-32(34)44-2)20-9-17-47-35-24-31-30(23-33(35)45-3)37(42)40-15-7-11-28(40)25-38-31/h21-25,27-28H,4-20H2,1-3H3/t27-,28-,48?/m0/s1. The summed E-state index contributed by atoms with van der Waals surface area (Å²) in [4.78, 5) is 35.0. The number of hydrogen-bond donors (Lipinski definition) is 0. The Morgan fingerprint density at radius 3 is 2.10 bits per heavy atom. The Morgan fingerprint density at radius 1 is 0.771 bits per heavy atom. The van der Waals surface area contributed by atoms with E-state index in [2.05, 4.69) is 11.9 Å². The molecule has 0 spiro atoms. The normalized spacial score (nSPS) is 21.1. The Morgan fingerprint density at radius 2 is 1.40 bits per heavy atom. The van der Waals surface area contributed by atoms with Crippen molar-refractivity contribution in [1.29, 1.82) is 0 Å². The van der Waals surface area contributed by atoms with E-state index in [-0.39, 0.29) is 17.9 Å². The highest BCUT2D eigenvalue weighted by molar-refractivity contribution is 7.63. The Labute approximate surface area is 284 Å². The molecule has 260 valence electrons. The molecule has 0 N–H and O–H groups in total. The van der Waals surface area contributed by atoms with E-state index < -0.39 is 7.14 Å². The van der Waals surface area contributed by atoms with Gasteiger partial charge in [-0.15, -0.1) is 0 Å². The first-order valence-electron chi connectivity index (χ1n) is 17.8. The van der Waals surface area contributed by atoms with Crippen LogP contribution in [0.5, 0.6) is 23.0 Å². The fraction of sp³-hybridized carbons (Fsp3) is 0.595. The number of fused-ring (bicyclic) bond motifs is 4. The molecular formula is C37H50N3O7P. The highest BCUT2D eigenvalue weighted by Crippen LogP contribution is 2.48. The van der Waals surface area contributed by atoms with Crippen LogP contribution in [0.25, 0.3) is 0 Å². The summed E-state index contributed by atoms with van der Waals surface area (Å²) >= 11 is 0. The first-order valence-corrected chi connectivity index (χ1v) is 20.0. The first-order chi connectivity index (χ1) is 23.3. The minimum Gasteiger partial charge on any atom is -0.493 e. The summed E-state index contributed by atoms with van der Waals surface area (Å²) in [5.74, 6) is 2.32. The van der Waals surface area contributed by atoms with Gasteiger partial charge in [0.25, 0.3) is 11.8 Å². The molecule has 6 rings (SSSR count). The molecule has 10 nitrogen and oxygen atoms in total. The number of unbranched alkanes of at least 4 members (excludes halogenated alkanes) is 1. The summed E-state index contributed by atoms with van der Waals surface area (Å²) in [6, 6.07) is 7.70. The number of benzene rings is 2. The lowest BCUT2D eigenvalue weighted by molar-refractivity contribution is 0.0738. The Hall–Kier alpha value is -3.52. The zero-order valence-corrected chi connectivity index (χ0v) is 29.6. The lowest BCUT2D eigenvalue weighted by Crippen LogP contribution is -2.35. The van der Waals surface area contributed by atoms with Gasteiger partial charge < -0.3 is 33.3 Å². The Balaban J connectivity index is 1.04. The predicted molar refractivity (Wildman–Crippen MR) is 188 cm³/mol. The first kappa shape index (κ1) is 34.3. The van der Waals surface area contributed by atoms with Crippen LogP contribution in [0.3, 0.4) is 0 Å². The van der Waals surface area contributed by atoms with E-state index in [9.17, 15) is 14.2 Å². The number of ether oxygens (including phenoxy) is 4. The van der Waals surface area contributed by atoms with Gasteiger partial charge in [0.05, 0.1) is 51.9 Å². The van der Waals surface area contributed by atoms with Crippen LogP contribution in [0.4, 0.5) is 5.69 Å². The smallest absolute Gasteiger partial charge is 0.256 e. The highest BCUT2D eigenvalue weighted by Gasteiger charge is 2.35. The fourth-order valence-corrected chi connectivity index (χ4v) is 10.6. The van der Waals surface area contributed by atoms with E-state index in [4.69, 9.17) is 18.9 Å². The molecule has 2 aromatic carbocycles. The maximum atomic E-state index is 14.1. The van der Waals surface area contributed by atoms with E-state index >= 15 is 0 Å².